The third kappa shape index (κ3) is 12.4. The van der Waals surface area contributed by atoms with E-state index in [9.17, 15) is 0 Å². The van der Waals surface area contributed by atoms with Crippen molar-refractivity contribution in [2.24, 2.45) is 0 Å². The highest BCUT2D eigenvalue weighted by molar-refractivity contribution is 5.11. The lowest BCUT2D eigenvalue weighted by molar-refractivity contribution is 0.652. The topological polar surface area (TPSA) is 51.2 Å². The fraction of sp³-hybridized carbons (Fsp3) is 0.500. The highest BCUT2D eigenvalue weighted by atomic mass is 16.4. The summed E-state index contributed by atoms with van der Waals surface area (Å²) in [5.74, 6) is 0. The molecule has 82 valence electrons. The molecule has 0 radical (unpaired) electrons. The Morgan fingerprint density at radius 3 is 1.60 bits per heavy atom. The minimum absolute atomic E-state index is 1.24. The van der Waals surface area contributed by atoms with Crippen molar-refractivity contribution in [1.29, 1.82) is 5.39 Å². The van der Waals surface area contributed by atoms with Crippen LogP contribution in [0.3, 0.4) is 0 Å². The fourth-order valence-electron chi connectivity index (χ4n) is 1.36. The normalized spacial score (nSPS) is 16.5. The molecule has 0 amide bonds. The highest BCUT2D eigenvalue weighted by Gasteiger charge is 1.87. The van der Waals surface area contributed by atoms with Crippen molar-refractivity contribution in [3.8, 4) is 0 Å². The summed E-state index contributed by atoms with van der Waals surface area (Å²) in [5, 5.41) is 16.0. The second-order valence-electron chi connectivity index (χ2n) is 3.31. The van der Waals surface area contributed by atoms with Crippen molar-refractivity contribution in [3.63, 3.8) is 0 Å². The summed E-state index contributed by atoms with van der Waals surface area (Å²) in [6, 6.07) is 0. The quantitative estimate of drug-likeness (QED) is 0.437. The molecule has 0 aromatic carbocycles. The van der Waals surface area contributed by atoms with Crippen molar-refractivity contribution in [3.05, 3.63) is 46.8 Å². The van der Waals surface area contributed by atoms with E-state index in [-0.39, 0.29) is 0 Å². The first-order valence-corrected chi connectivity index (χ1v) is 5.37. The van der Waals surface area contributed by atoms with Gasteiger partial charge in [-0.15, -0.1) is 0 Å². The van der Waals surface area contributed by atoms with Crippen molar-refractivity contribution in [2.75, 3.05) is 0 Å². The smallest absolute Gasteiger partial charge is 0.237 e. The molecule has 0 bridgehead atoms. The Hall–Kier alpha value is -1.56. The minimum Gasteiger partial charge on any atom is -0.463 e. The molecule has 0 N–H and O–H groups in total. The second-order valence-corrected chi connectivity index (χ2v) is 3.31. The van der Waals surface area contributed by atoms with E-state index in [1.807, 2.05) is 0 Å². The average Bonchev–Trinajstić information content (AvgIpc) is 2.19. The summed E-state index contributed by atoms with van der Waals surface area (Å²) in [7, 11) is 0. The molecular formula is C12H18N2O. The third-order valence-corrected chi connectivity index (χ3v) is 2.10. The van der Waals surface area contributed by atoms with Crippen LogP contribution < -0.4 is 0 Å². The van der Waals surface area contributed by atoms with Gasteiger partial charge < -0.3 is 5.21 Å². The number of hydrogen-bond donors (Lipinski definition) is 0. The van der Waals surface area contributed by atoms with Gasteiger partial charge >= 0.3 is 0 Å². The number of nitrogens with zero attached hydrogens (tertiary/aromatic N) is 2. The van der Waals surface area contributed by atoms with Crippen LogP contribution in [0.4, 0.5) is 0 Å². The van der Waals surface area contributed by atoms with Gasteiger partial charge in [-0.3, -0.25) is 0 Å². The van der Waals surface area contributed by atoms with Gasteiger partial charge in [-0.1, -0.05) is 49.3 Å². The largest absolute Gasteiger partial charge is 0.463 e. The SMILES string of the molecule is C1=CC=CCCCCCCC=C1.N#[N+][O-]. The van der Waals surface area contributed by atoms with Gasteiger partial charge in [-0.05, 0) is 25.7 Å². The van der Waals surface area contributed by atoms with E-state index in [4.69, 9.17) is 10.6 Å². The molecule has 15 heavy (non-hydrogen) atoms. The lowest BCUT2D eigenvalue weighted by atomic mass is 10.1. The van der Waals surface area contributed by atoms with E-state index < -0.39 is 0 Å². The van der Waals surface area contributed by atoms with Crippen LogP contribution in [0.2, 0.25) is 0 Å². The Labute approximate surface area is 91.4 Å². The summed E-state index contributed by atoms with van der Waals surface area (Å²) >= 11 is 0. The number of rotatable bonds is 0. The molecule has 3 heteroatoms. The van der Waals surface area contributed by atoms with Gasteiger partial charge in [-0.25, -0.2) is 0 Å². The monoisotopic (exact) mass is 206 g/mol. The van der Waals surface area contributed by atoms with Gasteiger partial charge in [0, 0.05) is 0 Å². The summed E-state index contributed by atoms with van der Waals surface area (Å²) in [4.78, 5) is 0. The molecule has 0 saturated carbocycles. The average molecular weight is 206 g/mol. The van der Waals surface area contributed by atoms with Crippen LogP contribution in [-0.4, -0.2) is 0 Å². The second kappa shape index (κ2) is 12.4. The lowest BCUT2D eigenvalue weighted by Crippen LogP contribution is -1.77. The first-order chi connectivity index (χ1) is 7.41. The van der Waals surface area contributed by atoms with Crippen LogP contribution >= 0.6 is 0 Å². The first-order valence-electron chi connectivity index (χ1n) is 5.37. The minimum atomic E-state index is 1.24. The van der Waals surface area contributed by atoms with Gasteiger partial charge in [0.15, 0.2) is 0 Å². The summed E-state index contributed by atoms with van der Waals surface area (Å²) in [5.41, 5.74) is 0. The van der Waals surface area contributed by atoms with Gasteiger partial charge in [0.1, 0.15) is 0 Å². The molecule has 0 spiro atoms. The van der Waals surface area contributed by atoms with Crippen molar-refractivity contribution < 1.29 is 0 Å². The van der Waals surface area contributed by atoms with E-state index >= 15 is 0 Å². The van der Waals surface area contributed by atoms with Crippen LogP contribution in [0.15, 0.2) is 36.5 Å². The molecule has 0 heterocycles. The Bertz CT molecular complexity index is 229. The van der Waals surface area contributed by atoms with Crippen LogP contribution in [0, 0.1) is 10.6 Å². The molecule has 0 saturated heterocycles. The zero-order chi connectivity index (χ0) is 11.2. The molecule has 0 aromatic rings. The molecule has 3 nitrogen and oxygen atoms in total. The summed E-state index contributed by atoms with van der Waals surface area (Å²) in [6.07, 6.45) is 21.0. The maximum absolute atomic E-state index is 8.11. The van der Waals surface area contributed by atoms with Gasteiger partial charge in [0.05, 0.1) is 0 Å². The standard InChI is InChI=1S/C12H18.N2O/c1-2-4-6-8-10-12-11-9-7-5-3-1;1-2-3/h1-6H,7-12H2;. The van der Waals surface area contributed by atoms with Crippen LogP contribution in [0.5, 0.6) is 0 Å². The van der Waals surface area contributed by atoms with Crippen LogP contribution in [0.1, 0.15) is 38.5 Å². The maximum Gasteiger partial charge on any atom is 0.237 e. The third-order valence-electron chi connectivity index (χ3n) is 2.10. The zero-order valence-electron chi connectivity index (χ0n) is 9.01. The van der Waals surface area contributed by atoms with Crippen molar-refractivity contribution >= 4 is 0 Å². The molecule has 0 fully saturated rings. The number of diazo groups is 1. The summed E-state index contributed by atoms with van der Waals surface area (Å²) in [6.45, 7) is 0. The van der Waals surface area contributed by atoms with Gasteiger partial charge in [-0.2, -0.15) is 0 Å². The van der Waals surface area contributed by atoms with Crippen molar-refractivity contribution in [2.45, 2.75) is 38.5 Å². The number of allylic oxidation sites excluding steroid dienone is 6. The zero-order valence-corrected chi connectivity index (χ0v) is 9.01. The Balaban J connectivity index is 0.000000583. The molecule has 0 unspecified atom stereocenters. The molecule has 1 aliphatic carbocycles. The molecular weight excluding hydrogens is 188 g/mol. The van der Waals surface area contributed by atoms with E-state index in [1.165, 1.54) is 43.7 Å². The maximum atomic E-state index is 8.11. The van der Waals surface area contributed by atoms with Gasteiger partial charge in [0.25, 0.3) is 0 Å². The summed E-state index contributed by atoms with van der Waals surface area (Å²) < 4.78 is 0. The van der Waals surface area contributed by atoms with E-state index in [0.717, 1.165) is 0 Å². The first kappa shape index (κ1) is 13.4. The van der Waals surface area contributed by atoms with E-state index in [1.54, 1.807) is 0 Å². The van der Waals surface area contributed by atoms with Gasteiger partial charge in [0.2, 0.25) is 10.5 Å². The fourth-order valence-corrected chi connectivity index (χ4v) is 1.36. The molecule has 1 aliphatic rings. The predicted octanol–water partition coefficient (Wildman–Crippen LogP) is 4.35. The van der Waals surface area contributed by atoms with Crippen LogP contribution in [-0.2, 0) is 0 Å². The molecule has 0 atom stereocenters. The predicted molar refractivity (Wildman–Crippen MR) is 63.6 cm³/mol. The molecule has 1 rings (SSSR count). The van der Waals surface area contributed by atoms with Crippen molar-refractivity contribution in [1.82, 2.24) is 0 Å². The molecule has 0 aromatic heterocycles. The molecule has 0 aliphatic heterocycles. The van der Waals surface area contributed by atoms with E-state index in [2.05, 4.69) is 36.5 Å². The lowest BCUT2D eigenvalue weighted by Gasteiger charge is -1.96. The Kier molecular flexibility index (Phi) is 11.1. The number of hydrogen-bond acceptors (Lipinski definition) is 2. The Morgan fingerprint density at radius 1 is 0.800 bits per heavy atom. The van der Waals surface area contributed by atoms with E-state index in [0.29, 0.717) is 0 Å². The van der Waals surface area contributed by atoms with Crippen LogP contribution in [0.25, 0.3) is 5.14 Å². The Morgan fingerprint density at radius 2 is 1.20 bits per heavy atom. The highest BCUT2D eigenvalue weighted by Crippen LogP contribution is 2.07.